The zero-order chi connectivity index (χ0) is 14.9. The summed E-state index contributed by atoms with van der Waals surface area (Å²) in [4.78, 5) is 10.9. The second kappa shape index (κ2) is 5.03. The fraction of sp³-hybridized carbons (Fsp3) is 0.167. The lowest BCUT2D eigenvalue weighted by Crippen LogP contribution is -2.22. The van der Waals surface area contributed by atoms with Gasteiger partial charge >= 0.3 is 6.18 Å². The van der Waals surface area contributed by atoms with E-state index in [-0.39, 0.29) is 5.56 Å². The SMILES string of the molecule is O=C(c1cnn(Cc2c(F)cccc2F)c1)C(F)(F)F. The van der Waals surface area contributed by atoms with Gasteiger partial charge in [0.15, 0.2) is 0 Å². The minimum atomic E-state index is -5.02. The molecule has 0 saturated carbocycles. The quantitative estimate of drug-likeness (QED) is 0.643. The Morgan fingerprint density at radius 1 is 1.20 bits per heavy atom. The summed E-state index contributed by atoms with van der Waals surface area (Å²) in [5.74, 6) is -3.74. The lowest BCUT2D eigenvalue weighted by molar-refractivity contribution is -0.0885. The van der Waals surface area contributed by atoms with E-state index in [1.165, 1.54) is 0 Å². The monoisotopic (exact) mass is 290 g/mol. The van der Waals surface area contributed by atoms with Crippen LogP contribution in [0.1, 0.15) is 15.9 Å². The summed E-state index contributed by atoms with van der Waals surface area (Å²) < 4.78 is 64.2. The molecule has 1 heterocycles. The van der Waals surface area contributed by atoms with Gasteiger partial charge < -0.3 is 0 Å². The topological polar surface area (TPSA) is 34.9 Å². The molecule has 0 N–H and O–H groups in total. The Bertz CT molecular complexity index is 627. The maximum Gasteiger partial charge on any atom is 0.454 e. The number of alkyl halides is 3. The molecular weight excluding hydrogens is 283 g/mol. The maximum atomic E-state index is 13.4. The number of hydrogen-bond acceptors (Lipinski definition) is 2. The summed E-state index contributed by atoms with van der Waals surface area (Å²) in [6.45, 7) is -0.413. The first-order chi connectivity index (χ1) is 9.29. The van der Waals surface area contributed by atoms with Gasteiger partial charge in [-0.05, 0) is 12.1 Å². The van der Waals surface area contributed by atoms with Crippen molar-refractivity contribution in [2.24, 2.45) is 0 Å². The number of nitrogens with zero attached hydrogens (tertiary/aromatic N) is 2. The van der Waals surface area contributed by atoms with Crippen LogP contribution in [0.5, 0.6) is 0 Å². The van der Waals surface area contributed by atoms with Crippen molar-refractivity contribution in [2.75, 3.05) is 0 Å². The Morgan fingerprint density at radius 3 is 2.35 bits per heavy atom. The molecule has 0 aliphatic rings. The third-order valence-corrected chi connectivity index (χ3v) is 2.53. The van der Waals surface area contributed by atoms with Crippen LogP contribution in [0.2, 0.25) is 0 Å². The van der Waals surface area contributed by atoms with E-state index in [2.05, 4.69) is 5.10 Å². The highest BCUT2D eigenvalue weighted by Gasteiger charge is 2.40. The second-order valence-corrected chi connectivity index (χ2v) is 3.95. The molecule has 0 saturated heterocycles. The van der Waals surface area contributed by atoms with Crippen LogP contribution in [-0.2, 0) is 6.54 Å². The molecule has 2 aromatic rings. The van der Waals surface area contributed by atoms with Crippen LogP contribution in [0.25, 0.3) is 0 Å². The van der Waals surface area contributed by atoms with Crippen LogP contribution in [-0.4, -0.2) is 21.7 Å². The third-order valence-electron chi connectivity index (χ3n) is 2.53. The van der Waals surface area contributed by atoms with Gasteiger partial charge in [-0.3, -0.25) is 9.48 Å². The number of halogens is 5. The Kier molecular flexibility index (Phi) is 3.56. The van der Waals surface area contributed by atoms with E-state index in [9.17, 15) is 26.7 Å². The molecule has 1 aromatic carbocycles. The van der Waals surface area contributed by atoms with Crippen LogP contribution >= 0.6 is 0 Å². The summed E-state index contributed by atoms with van der Waals surface area (Å²) in [5.41, 5.74) is -1.03. The van der Waals surface area contributed by atoms with E-state index in [1.807, 2.05) is 0 Å². The summed E-state index contributed by atoms with van der Waals surface area (Å²) in [6.07, 6.45) is -3.52. The van der Waals surface area contributed by atoms with E-state index >= 15 is 0 Å². The average Bonchev–Trinajstić information content (AvgIpc) is 2.80. The predicted molar refractivity (Wildman–Crippen MR) is 58.1 cm³/mol. The molecule has 0 spiro atoms. The van der Waals surface area contributed by atoms with Gasteiger partial charge in [-0.1, -0.05) is 6.07 Å². The Morgan fingerprint density at radius 2 is 1.80 bits per heavy atom. The Labute approximate surface area is 109 Å². The Balaban J connectivity index is 2.25. The lowest BCUT2D eigenvalue weighted by atomic mass is 10.2. The van der Waals surface area contributed by atoms with Gasteiger partial charge in [0.25, 0.3) is 5.78 Å². The Hall–Kier alpha value is -2.25. The van der Waals surface area contributed by atoms with Gasteiger partial charge in [0.05, 0.1) is 18.3 Å². The lowest BCUT2D eigenvalue weighted by Gasteiger charge is -2.05. The summed E-state index contributed by atoms with van der Waals surface area (Å²) >= 11 is 0. The number of carbonyl (C=O) groups is 1. The molecule has 0 aliphatic heterocycles. The first-order valence-electron chi connectivity index (χ1n) is 5.36. The summed E-state index contributed by atoms with van der Waals surface area (Å²) in [7, 11) is 0. The zero-order valence-electron chi connectivity index (χ0n) is 9.79. The molecule has 0 aliphatic carbocycles. The fourth-order valence-corrected chi connectivity index (χ4v) is 1.58. The van der Waals surface area contributed by atoms with Crippen LogP contribution < -0.4 is 0 Å². The molecule has 0 fully saturated rings. The van der Waals surface area contributed by atoms with E-state index in [0.717, 1.165) is 29.1 Å². The van der Waals surface area contributed by atoms with E-state index in [0.29, 0.717) is 6.20 Å². The zero-order valence-corrected chi connectivity index (χ0v) is 9.79. The van der Waals surface area contributed by atoms with E-state index in [1.54, 1.807) is 0 Å². The number of benzene rings is 1. The first kappa shape index (κ1) is 14.2. The van der Waals surface area contributed by atoms with Crippen molar-refractivity contribution in [2.45, 2.75) is 12.7 Å². The van der Waals surface area contributed by atoms with Crippen LogP contribution in [0.15, 0.2) is 30.6 Å². The molecule has 0 radical (unpaired) electrons. The minimum Gasteiger partial charge on any atom is -0.284 e. The molecule has 0 unspecified atom stereocenters. The van der Waals surface area contributed by atoms with Crippen molar-refractivity contribution in [1.82, 2.24) is 9.78 Å². The van der Waals surface area contributed by atoms with Gasteiger partial charge in [0.1, 0.15) is 11.6 Å². The highest BCUT2D eigenvalue weighted by molar-refractivity contribution is 5.99. The van der Waals surface area contributed by atoms with Crippen molar-refractivity contribution in [3.63, 3.8) is 0 Å². The van der Waals surface area contributed by atoms with Crippen LogP contribution in [0.3, 0.4) is 0 Å². The predicted octanol–water partition coefficient (Wildman–Crippen LogP) is 2.95. The van der Waals surface area contributed by atoms with Crippen molar-refractivity contribution in [3.8, 4) is 0 Å². The molecule has 0 atom stereocenters. The van der Waals surface area contributed by atoms with Crippen molar-refractivity contribution >= 4 is 5.78 Å². The first-order valence-corrected chi connectivity index (χ1v) is 5.36. The molecular formula is C12H7F5N2O. The molecule has 106 valence electrons. The standard InChI is InChI=1S/C12H7F5N2O/c13-9-2-1-3-10(14)8(9)6-19-5-7(4-18-19)11(20)12(15,16)17/h1-5H,6H2. The molecule has 0 bridgehead atoms. The fourth-order valence-electron chi connectivity index (χ4n) is 1.58. The summed E-state index contributed by atoms with van der Waals surface area (Å²) in [6, 6.07) is 3.20. The minimum absolute atomic E-state index is 0.346. The number of Topliss-reactive ketones (excluding diaryl/α,β-unsaturated/α-hetero) is 1. The number of ketones is 1. The molecule has 3 nitrogen and oxygen atoms in total. The normalized spacial score (nSPS) is 11.7. The smallest absolute Gasteiger partial charge is 0.284 e. The molecule has 8 heteroatoms. The van der Waals surface area contributed by atoms with Crippen LogP contribution in [0, 0.1) is 11.6 Å². The van der Waals surface area contributed by atoms with Gasteiger partial charge in [0, 0.05) is 11.8 Å². The van der Waals surface area contributed by atoms with Gasteiger partial charge in [-0.25, -0.2) is 8.78 Å². The molecule has 1 aromatic heterocycles. The number of rotatable bonds is 3. The largest absolute Gasteiger partial charge is 0.454 e. The van der Waals surface area contributed by atoms with Gasteiger partial charge in [0.2, 0.25) is 0 Å². The van der Waals surface area contributed by atoms with Gasteiger partial charge in [-0.2, -0.15) is 18.3 Å². The van der Waals surface area contributed by atoms with E-state index < -0.39 is 35.7 Å². The highest BCUT2D eigenvalue weighted by Crippen LogP contribution is 2.21. The number of carbonyl (C=O) groups excluding carboxylic acids is 1. The third kappa shape index (κ3) is 2.84. The van der Waals surface area contributed by atoms with Gasteiger partial charge in [-0.15, -0.1) is 0 Å². The van der Waals surface area contributed by atoms with Crippen LogP contribution in [0.4, 0.5) is 22.0 Å². The molecule has 2 rings (SSSR count). The van der Waals surface area contributed by atoms with Crippen molar-refractivity contribution in [1.29, 1.82) is 0 Å². The number of aromatic nitrogens is 2. The summed E-state index contributed by atoms with van der Waals surface area (Å²) in [5, 5.41) is 3.49. The molecule has 0 amide bonds. The van der Waals surface area contributed by atoms with E-state index in [4.69, 9.17) is 0 Å². The van der Waals surface area contributed by atoms with Crippen molar-refractivity contribution < 1.29 is 26.7 Å². The average molecular weight is 290 g/mol. The maximum absolute atomic E-state index is 13.4. The number of hydrogen-bond donors (Lipinski definition) is 0. The van der Waals surface area contributed by atoms with Crippen molar-refractivity contribution in [3.05, 3.63) is 53.4 Å². The second-order valence-electron chi connectivity index (χ2n) is 3.95. The molecule has 20 heavy (non-hydrogen) atoms. The highest BCUT2D eigenvalue weighted by atomic mass is 19.4.